The molecule has 0 amide bonds. The summed E-state index contributed by atoms with van der Waals surface area (Å²) in [7, 11) is -3.12. The summed E-state index contributed by atoms with van der Waals surface area (Å²) in [6, 6.07) is 10.3. The van der Waals surface area contributed by atoms with E-state index >= 15 is 0 Å². The van der Waals surface area contributed by atoms with Crippen molar-refractivity contribution < 1.29 is 13.6 Å². The Bertz CT molecular complexity index is 491. The Labute approximate surface area is 121 Å². The first-order valence-electron chi connectivity index (χ1n) is 7.08. The monoisotopic (exact) mass is 295 g/mol. The van der Waals surface area contributed by atoms with Gasteiger partial charge in [0.15, 0.2) is 0 Å². The molecule has 0 aromatic heterocycles. The predicted octanol–water partition coefficient (Wildman–Crippen LogP) is 3.96. The van der Waals surface area contributed by atoms with Crippen LogP contribution in [0.25, 0.3) is 5.57 Å². The fraction of sp³-hybridized carbons (Fsp3) is 0.467. The molecule has 0 fully saturated rings. The number of benzene rings is 1. The molecule has 0 radical (unpaired) electrons. The van der Waals surface area contributed by atoms with Crippen molar-refractivity contribution in [2.45, 2.75) is 20.3 Å². The van der Waals surface area contributed by atoms with Crippen molar-refractivity contribution in [3.05, 3.63) is 42.0 Å². The first-order valence-corrected chi connectivity index (χ1v) is 8.58. The first kappa shape index (κ1) is 15.5. The van der Waals surface area contributed by atoms with Crippen LogP contribution in [0.5, 0.6) is 0 Å². The molecule has 1 aliphatic rings. The second kappa shape index (κ2) is 7.19. The van der Waals surface area contributed by atoms with Crippen molar-refractivity contribution >= 4 is 13.3 Å². The average Bonchev–Trinajstić information content (AvgIpc) is 2.49. The highest BCUT2D eigenvalue weighted by Gasteiger charge is 2.33. The van der Waals surface area contributed by atoms with E-state index in [9.17, 15) is 4.57 Å². The molecule has 1 heterocycles. The van der Waals surface area contributed by atoms with Crippen LogP contribution in [-0.4, -0.2) is 31.0 Å². The molecule has 1 aromatic carbocycles. The van der Waals surface area contributed by atoms with Crippen molar-refractivity contribution in [2.24, 2.45) is 0 Å². The molecule has 4 nitrogen and oxygen atoms in total. The van der Waals surface area contributed by atoms with Gasteiger partial charge in [0.1, 0.15) is 0 Å². The largest absolute Gasteiger partial charge is 0.408 e. The van der Waals surface area contributed by atoms with Gasteiger partial charge in [0, 0.05) is 13.1 Å². The molecule has 1 aromatic rings. The number of nitrogens with zero attached hydrogens (tertiary/aromatic N) is 1. The normalized spacial score (nSPS) is 17.0. The first-order chi connectivity index (χ1) is 9.69. The van der Waals surface area contributed by atoms with Crippen LogP contribution in [0, 0.1) is 0 Å². The zero-order valence-electron chi connectivity index (χ0n) is 12.1. The van der Waals surface area contributed by atoms with E-state index in [0.717, 1.165) is 6.42 Å². The van der Waals surface area contributed by atoms with Crippen molar-refractivity contribution in [1.82, 2.24) is 4.67 Å². The van der Waals surface area contributed by atoms with Crippen molar-refractivity contribution in [3.8, 4) is 0 Å². The van der Waals surface area contributed by atoms with Crippen LogP contribution in [0.4, 0.5) is 0 Å². The van der Waals surface area contributed by atoms with Gasteiger partial charge in [-0.05, 0) is 31.4 Å². The fourth-order valence-corrected chi connectivity index (χ4v) is 4.00. The highest BCUT2D eigenvalue weighted by Crippen LogP contribution is 2.52. The minimum Gasteiger partial charge on any atom is -0.297 e. The third-order valence-corrected chi connectivity index (χ3v) is 5.49. The summed E-state index contributed by atoms with van der Waals surface area (Å²) in [5.41, 5.74) is 2.52. The molecule has 20 heavy (non-hydrogen) atoms. The van der Waals surface area contributed by atoms with Crippen molar-refractivity contribution in [1.29, 1.82) is 0 Å². The van der Waals surface area contributed by atoms with Gasteiger partial charge in [-0.15, -0.1) is 0 Å². The van der Waals surface area contributed by atoms with Crippen LogP contribution in [0.2, 0.25) is 0 Å². The second-order valence-corrected chi connectivity index (χ2v) is 6.58. The minimum absolute atomic E-state index is 0.392. The summed E-state index contributed by atoms with van der Waals surface area (Å²) in [6.45, 7) is 5.74. The highest BCUT2D eigenvalue weighted by atomic mass is 31.2. The van der Waals surface area contributed by atoms with E-state index in [-0.39, 0.29) is 0 Å². The zero-order chi connectivity index (χ0) is 14.4. The van der Waals surface area contributed by atoms with Crippen LogP contribution in [0.15, 0.2) is 36.4 Å². The van der Waals surface area contributed by atoms with Crippen molar-refractivity contribution in [2.75, 3.05) is 26.3 Å². The molecule has 0 spiro atoms. The van der Waals surface area contributed by atoms with Crippen LogP contribution >= 0.6 is 7.75 Å². The topological polar surface area (TPSA) is 38.8 Å². The smallest absolute Gasteiger partial charge is 0.297 e. The fourth-order valence-electron chi connectivity index (χ4n) is 2.32. The Morgan fingerprint density at radius 1 is 1.15 bits per heavy atom. The second-order valence-electron chi connectivity index (χ2n) is 4.56. The molecule has 110 valence electrons. The zero-order valence-corrected chi connectivity index (χ0v) is 13.0. The quantitative estimate of drug-likeness (QED) is 0.745. The molecule has 0 saturated heterocycles. The predicted molar refractivity (Wildman–Crippen MR) is 81.5 cm³/mol. The molecule has 0 bridgehead atoms. The number of hydrogen-bond donors (Lipinski definition) is 0. The van der Waals surface area contributed by atoms with Gasteiger partial charge in [-0.3, -0.25) is 9.05 Å². The van der Waals surface area contributed by atoms with Crippen LogP contribution in [0.1, 0.15) is 25.8 Å². The maximum absolute atomic E-state index is 12.7. The van der Waals surface area contributed by atoms with Gasteiger partial charge in [-0.1, -0.05) is 36.4 Å². The lowest BCUT2D eigenvalue weighted by molar-refractivity contribution is 0.171. The maximum atomic E-state index is 12.7. The Kier molecular flexibility index (Phi) is 5.55. The van der Waals surface area contributed by atoms with Crippen LogP contribution in [0.3, 0.4) is 0 Å². The molecule has 0 aliphatic carbocycles. The molecule has 0 N–H and O–H groups in total. The molecule has 5 heteroatoms. The van der Waals surface area contributed by atoms with E-state index in [1.165, 1.54) is 11.1 Å². The summed E-state index contributed by atoms with van der Waals surface area (Å²) >= 11 is 0. The Morgan fingerprint density at radius 3 is 2.30 bits per heavy atom. The van der Waals surface area contributed by atoms with Gasteiger partial charge in [-0.2, -0.15) is 0 Å². The molecular formula is C15H22NO3P. The van der Waals surface area contributed by atoms with E-state index in [1.54, 1.807) is 0 Å². The highest BCUT2D eigenvalue weighted by molar-refractivity contribution is 7.51. The Hall–Kier alpha value is -0.930. The van der Waals surface area contributed by atoms with Crippen LogP contribution < -0.4 is 0 Å². The van der Waals surface area contributed by atoms with Crippen LogP contribution in [-0.2, 0) is 13.6 Å². The van der Waals surface area contributed by atoms with E-state index in [0.29, 0.717) is 26.3 Å². The van der Waals surface area contributed by atoms with Gasteiger partial charge >= 0.3 is 7.75 Å². The number of hydrogen-bond acceptors (Lipinski definition) is 3. The van der Waals surface area contributed by atoms with Gasteiger partial charge in [-0.25, -0.2) is 9.24 Å². The van der Waals surface area contributed by atoms with Gasteiger partial charge in [0.25, 0.3) is 0 Å². The molecule has 1 aliphatic heterocycles. The standard InChI is InChI=1S/C15H22NO3P/c1-3-18-20(17,19-4-2)16-12-10-15(11-13-16)14-8-6-5-7-9-14/h5-10H,3-4,11-13H2,1-2H3. The van der Waals surface area contributed by atoms with Gasteiger partial charge in [0.2, 0.25) is 0 Å². The molecule has 0 unspecified atom stereocenters. The third kappa shape index (κ3) is 3.58. The summed E-state index contributed by atoms with van der Waals surface area (Å²) in [5.74, 6) is 0. The van der Waals surface area contributed by atoms with Crippen molar-refractivity contribution in [3.63, 3.8) is 0 Å². The summed E-state index contributed by atoms with van der Waals surface area (Å²) < 4.78 is 25.2. The summed E-state index contributed by atoms with van der Waals surface area (Å²) in [6.07, 6.45) is 2.97. The van der Waals surface area contributed by atoms with E-state index < -0.39 is 7.75 Å². The third-order valence-electron chi connectivity index (χ3n) is 3.26. The van der Waals surface area contributed by atoms with E-state index in [2.05, 4.69) is 18.2 Å². The molecule has 0 atom stereocenters. The van der Waals surface area contributed by atoms with Gasteiger partial charge < -0.3 is 0 Å². The Balaban J connectivity index is 2.09. The SMILES string of the molecule is CCOP(=O)(OCC)N1CC=C(c2ccccc2)CC1. The summed E-state index contributed by atoms with van der Waals surface area (Å²) in [4.78, 5) is 0. The molecule has 2 rings (SSSR count). The lowest BCUT2D eigenvalue weighted by Gasteiger charge is -2.31. The van der Waals surface area contributed by atoms with Gasteiger partial charge in [0.05, 0.1) is 13.2 Å². The Morgan fingerprint density at radius 2 is 1.80 bits per heavy atom. The molecular weight excluding hydrogens is 273 g/mol. The lowest BCUT2D eigenvalue weighted by atomic mass is 10.0. The molecule has 0 saturated carbocycles. The van der Waals surface area contributed by atoms with E-state index in [4.69, 9.17) is 9.05 Å². The minimum atomic E-state index is -3.12. The maximum Gasteiger partial charge on any atom is 0.408 e. The lowest BCUT2D eigenvalue weighted by Crippen LogP contribution is -2.27. The average molecular weight is 295 g/mol. The van der Waals surface area contributed by atoms with E-state index in [1.807, 2.05) is 36.7 Å². The number of rotatable bonds is 6. The summed E-state index contributed by atoms with van der Waals surface area (Å²) in [5, 5.41) is 0.